The lowest BCUT2D eigenvalue weighted by molar-refractivity contribution is -0.145. The van der Waals surface area contributed by atoms with E-state index in [4.69, 9.17) is 18.9 Å². The molecule has 0 saturated carbocycles. The third-order valence-electron chi connectivity index (χ3n) is 5.08. The van der Waals surface area contributed by atoms with E-state index in [2.05, 4.69) is 20.8 Å². The van der Waals surface area contributed by atoms with Crippen molar-refractivity contribution in [3.8, 4) is 28.7 Å². The van der Waals surface area contributed by atoms with Gasteiger partial charge in [-0.2, -0.15) is 13.2 Å². The predicted molar refractivity (Wildman–Crippen MR) is 130 cm³/mol. The van der Waals surface area contributed by atoms with Crippen LogP contribution >= 0.6 is 0 Å². The fourth-order valence-corrected chi connectivity index (χ4v) is 3.28. The second kappa shape index (κ2) is 11.4. The molecule has 3 aromatic carbocycles. The average molecular weight is 503 g/mol. The average Bonchev–Trinajstić information content (AvgIpc) is 2.79. The molecule has 0 aliphatic carbocycles. The van der Waals surface area contributed by atoms with Gasteiger partial charge in [-0.05, 0) is 59.9 Å². The molecule has 0 unspecified atom stereocenters. The van der Waals surface area contributed by atoms with Gasteiger partial charge in [-0.15, -0.1) is 0 Å². The molecule has 8 heteroatoms. The molecule has 0 aliphatic heterocycles. The summed E-state index contributed by atoms with van der Waals surface area (Å²) >= 11 is 0. The Morgan fingerprint density at radius 3 is 1.94 bits per heavy atom. The Morgan fingerprint density at radius 2 is 1.36 bits per heavy atom. The summed E-state index contributed by atoms with van der Waals surface area (Å²) in [6.45, 7) is 7.94. The zero-order valence-corrected chi connectivity index (χ0v) is 20.6. The second-order valence-electron chi connectivity index (χ2n) is 9.12. The van der Waals surface area contributed by atoms with E-state index < -0.39 is 18.6 Å². The van der Waals surface area contributed by atoms with Crippen molar-refractivity contribution in [3.05, 3.63) is 77.9 Å². The summed E-state index contributed by atoms with van der Waals surface area (Å²) in [5.41, 5.74) is 1.28. The molecule has 0 amide bonds. The van der Waals surface area contributed by atoms with Crippen molar-refractivity contribution in [2.24, 2.45) is 0 Å². The molecule has 0 radical (unpaired) electrons. The highest BCUT2D eigenvalue weighted by molar-refractivity contribution is 5.71. The lowest BCUT2D eigenvalue weighted by Crippen LogP contribution is -2.14. The van der Waals surface area contributed by atoms with Crippen LogP contribution in [0.25, 0.3) is 0 Å². The number of esters is 1. The Bertz CT molecular complexity index is 1150. The molecule has 0 aromatic heterocycles. The first kappa shape index (κ1) is 26.9. The Balaban J connectivity index is 1.79. The van der Waals surface area contributed by atoms with E-state index in [1.807, 2.05) is 24.3 Å². The summed E-state index contributed by atoms with van der Waals surface area (Å²) in [6.07, 6.45) is -5.29. The Labute approximate surface area is 208 Å². The molecule has 0 atom stereocenters. The molecule has 0 N–H and O–H groups in total. The van der Waals surface area contributed by atoms with Crippen LogP contribution in [0.4, 0.5) is 13.2 Å². The monoisotopic (exact) mass is 502 g/mol. The van der Waals surface area contributed by atoms with Gasteiger partial charge < -0.3 is 18.9 Å². The maximum absolute atomic E-state index is 12.6. The number of carbonyl (C=O) groups is 1. The summed E-state index contributed by atoms with van der Waals surface area (Å²) < 4.78 is 60.1. The van der Waals surface area contributed by atoms with Gasteiger partial charge in [0.15, 0.2) is 18.1 Å². The van der Waals surface area contributed by atoms with Crippen LogP contribution in [0.2, 0.25) is 0 Å². The van der Waals surface area contributed by atoms with Crippen molar-refractivity contribution in [1.29, 1.82) is 0 Å². The Hall–Kier alpha value is -3.68. The zero-order valence-electron chi connectivity index (χ0n) is 20.6. The molecule has 36 heavy (non-hydrogen) atoms. The third kappa shape index (κ3) is 8.22. The highest BCUT2D eigenvalue weighted by Gasteiger charge is 2.27. The first-order chi connectivity index (χ1) is 16.9. The number of benzene rings is 3. The van der Waals surface area contributed by atoms with E-state index in [0.29, 0.717) is 23.0 Å². The summed E-state index contributed by atoms with van der Waals surface area (Å²) in [6, 6.07) is 18.1. The maximum atomic E-state index is 12.6. The van der Waals surface area contributed by atoms with Crippen molar-refractivity contribution in [2.75, 3.05) is 13.2 Å². The van der Waals surface area contributed by atoms with Crippen molar-refractivity contribution in [1.82, 2.24) is 0 Å². The zero-order chi connectivity index (χ0) is 26.3. The van der Waals surface area contributed by atoms with Crippen molar-refractivity contribution in [2.45, 2.75) is 45.7 Å². The normalized spacial score (nSPS) is 11.6. The van der Waals surface area contributed by atoms with E-state index in [1.165, 1.54) is 24.3 Å². The molecule has 0 fully saturated rings. The third-order valence-corrected chi connectivity index (χ3v) is 5.08. The van der Waals surface area contributed by atoms with Gasteiger partial charge >= 0.3 is 12.1 Å². The number of alkyl halides is 3. The van der Waals surface area contributed by atoms with Crippen molar-refractivity contribution >= 4 is 5.97 Å². The molecule has 5 nitrogen and oxygen atoms in total. The quantitative estimate of drug-likeness (QED) is 0.282. The van der Waals surface area contributed by atoms with Crippen molar-refractivity contribution < 1.29 is 36.9 Å². The van der Waals surface area contributed by atoms with E-state index in [0.717, 1.165) is 5.56 Å². The molecule has 0 heterocycles. The van der Waals surface area contributed by atoms with Crippen LogP contribution in [-0.4, -0.2) is 25.4 Å². The van der Waals surface area contributed by atoms with Gasteiger partial charge in [-0.25, -0.2) is 4.79 Å². The molecule has 0 spiro atoms. The summed E-state index contributed by atoms with van der Waals surface area (Å²) in [5.74, 6) is 1.35. The molecule has 192 valence electrons. The number of hydrogen-bond donors (Lipinski definition) is 0. The number of ether oxygens (including phenoxy) is 4. The standard InChI is InChI=1S/C28H29F3O5/c1-5-33-26(32)18-34-25-16-23(35-21-10-6-19(7-11-21)17-28(29,30)31)14-15-24(25)36-22-12-8-20(9-13-22)27(2,3)4/h6-16H,5,17-18H2,1-4H3. The minimum atomic E-state index is -4.28. The van der Waals surface area contributed by atoms with Crippen molar-refractivity contribution in [3.63, 3.8) is 0 Å². The van der Waals surface area contributed by atoms with Gasteiger partial charge in [-0.3, -0.25) is 0 Å². The maximum Gasteiger partial charge on any atom is 0.393 e. The minimum Gasteiger partial charge on any atom is -0.478 e. The Morgan fingerprint density at radius 1 is 0.778 bits per heavy atom. The van der Waals surface area contributed by atoms with Crippen LogP contribution < -0.4 is 14.2 Å². The second-order valence-corrected chi connectivity index (χ2v) is 9.12. The summed E-state index contributed by atoms with van der Waals surface area (Å²) in [4.78, 5) is 11.8. The van der Waals surface area contributed by atoms with E-state index in [9.17, 15) is 18.0 Å². The van der Waals surface area contributed by atoms with Gasteiger partial charge in [-0.1, -0.05) is 45.0 Å². The van der Waals surface area contributed by atoms with E-state index >= 15 is 0 Å². The number of hydrogen-bond acceptors (Lipinski definition) is 5. The Kier molecular flexibility index (Phi) is 8.50. The molecule has 0 saturated heterocycles. The van der Waals surface area contributed by atoms with Crippen LogP contribution in [-0.2, 0) is 21.4 Å². The summed E-state index contributed by atoms with van der Waals surface area (Å²) in [5, 5.41) is 0. The van der Waals surface area contributed by atoms with Crippen LogP contribution in [0.3, 0.4) is 0 Å². The minimum absolute atomic E-state index is 0.00360. The first-order valence-corrected chi connectivity index (χ1v) is 11.5. The molecule has 3 aromatic rings. The smallest absolute Gasteiger partial charge is 0.393 e. The number of carbonyl (C=O) groups excluding carboxylic acids is 1. The lowest BCUT2D eigenvalue weighted by atomic mass is 9.87. The topological polar surface area (TPSA) is 54.0 Å². The molecular weight excluding hydrogens is 473 g/mol. The first-order valence-electron chi connectivity index (χ1n) is 11.5. The highest BCUT2D eigenvalue weighted by Crippen LogP contribution is 2.37. The predicted octanol–water partition coefficient (Wildman–Crippen LogP) is 7.62. The SMILES string of the molecule is CCOC(=O)COc1cc(Oc2ccc(CC(F)(F)F)cc2)ccc1Oc1ccc(C(C)(C)C)cc1. The summed E-state index contributed by atoms with van der Waals surface area (Å²) in [7, 11) is 0. The fourth-order valence-electron chi connectivity index (χ4n) is 3.28. The number of rotatable bonds is 9. The molecular formula is C28H29F3O5. The largest absolute Gasteiger partial charge is 0.478 e. The van der Waals surface area contributed by atoms with Gasteiger partial charge in [0, 0.05) is 6.07 Å². The van der Waals surface area contributed by atoms with Gasteiger partial charge in [0.1, 0.15) is 17.2 Å². The molecule has 0 bridgehead atoms. The molecule has 0 aliphatic rings. The van der Waals surface area contributed by atoms with Crippen LogP contribution in [0.15, 0.2) is 66.7 Å². The van der Waals surface area contributed by atoms with Gasteiger partial charge in [0.25, 0.3) is 0 Å². The van der Waals surface area contributed by atoms with Gasteiger partial charge in [0.05, 0.1) is 13.0 Å². The molecule has 3 rings (SSSR count). The van der Waals surface area contributed by atoms with Crippen LogP contribution in [0.5, 0.6) is 28.7 Å². The lowest BCUT2D eigenvalue weighted by Gasteiger charge is -2.19. The van der Waals surface area contributed by atoms with Gasteiger partial charge in [0.2, 0.25) is 0 Å². The van der Waals surface area contributed by atoms with Crippen LogP contribution in [0, 0.1) is 0 Å². The van der Waals surface area contributed by atoms with E-state index in [1.54, 1.807) is 25.1 Å². The highest BCUT2D eigenvalue weighted by atomic mass is 19.4. The van der Waals surface area contributed by atoms with Crippen LogP contribution in [0.1, 0.15) is 38.8 Å². The number of halogens is 3. The van der Waals surface area contributed by atoms with E-state index in [-0.39, 0.29) is 29.9 Å². The fraction of sp³-hybridized carbons (Fsp3) is 0.321.